The topological polar surface area (TPSA) is 32.8 Å². The lowest BCUT2D eigenvalue weighted by Gasteiger charge is -2.20. The van der Waals surface area contributed by atoms with Gasteiger partial charge in [0.2, 0.25) is 5.91 Å². The van der Waals surface area contributed by atoms with Gasteiger partial charge in [-0.05, 0) is 63.4 Å². The van der Waals surface area contributed by atoms with E-state index in [-0.39, 0.29) is 5.91 Å². The highest BCUT2D eigenvalue weighted by molar-refractivity contribution is 5.95. The van der Waals surface area contributed by atoms with Crippen LogP contribution in [-0.4, -0.2) is 43.1 Å². The quantitative estimate of drug-likeness (QED) is 0.757. The Bertz CT molecular complexity index is 500. The van der Waals surface area contributed by atoms with Crippen LogP contribution in [0.15, 0.2) is 24.3 Å². The third kappa shape index (κ3) is 3.61. The number of benzene rings is 1. The van der Waals surface area contributed by atoms with E-state index in [2.05, 4.69) is 11.8 Å². The average molecular weight is 302 g/mol. The molecule has 1 aromatic rings. The van der Waals surface area contributed by atoms with Crippen LogP contribution in [0, 0.1) is 0 Å². The van der Waals surface area contributed by atoms with Gasteiger partial charge in [0.15, 0.2) is 0 Å². The molecule has 22 heavy (non-hydrogen) atoms. The summed E-state index contributed by atoms with van der Waals surface area (Å²) in [4.78, 5) is 16.1. The van der Waals surface area contributed by atoms with E-state index in [1.807, 2.05) is 29.2 Å². The highest BCUT2D eigenvalue weighted by Crippen LogP contribution is 2.24. The van der Waals surface area contributed by atoms with Crippen LogP contribution in [0.5, 0.6) is 5.75 Å². The zero-order chi connectivity index (χ0) is 15.4. The summed E-state index contributed by atoms with van der Waals surface area (Å²) in [6.45, 7) is 6.27. The van der Waals surface area contributed by atoms with Crippen molar-refractivity contribution in [2.75, 3.05) is 31.1 Å². The molecule has 0 N–H and O–H groups in total. The molecule has 2 aliphatic rings. The van der Waals surface area contributed by atoms with Crippen molar-refractivity contribution in [3.63, 3.8) is 0 Å². The van der Waals surface area contributed by atoms with Crippen LogP contribution in [0.4, 0.5) is 5.69 Å². The molecule has 2 heterocycles. The molecule has 1 amide bonds. The summed E-state index contributed by atoms with van der Waals surface area (Å²) in [6.07, 6.45) is 5.37. The third-order valence-electron chi connectivity index (χ3n) is 4.77. The second-order valence-electron chi connectivity index (χ2n) is 6.37. The summed E-state index contributed by atoms with van der Waals surface area (Å²) in [7, 11) is 0. The zero-order valence-corrected chi connectivity index (χ0v) is 13.5. The van der Waals surface area contributed by atoms with E-state index in [9.17, 15) is 4.79 Å². The van der Waals surface area contributed by atoms with Gasteiger partial charge in [0.1, 0.15) is 5.75 Å². The smallest absolute Gasteiger partial charge is 0.227 e. The number of ether oxygens (including phenoxy) is 1. The van der Waals surface area contributed by atoms with Gasteiger partial charge in [-0.1, -0.05) is 0 Å². The van der Waals surface area contributed by atoms with Gasteiger partial charge < -0.3 is 14.5 Å². The Morgan fingerprint density at radius 2 is 2.00 bits per heavy atom. The first-order valence-corrected chi connectivity index (χ1v) is 8.51. The predicted molar refractivity (Wildman–Crippen MR) is 88.4 cm³/mol. The first-order chi connectivity index (χ1) is 10.7. The average Bonchev–Trinajstić information content (AvgIpc) is 3.13. The highest BCUT2D eigenvalue weighted by atomic mass is 16.5. The first kappa shape index (κ1) is 15.3. The van der Waals surface area contributed by atoms with Crippen molar-refractivity contribution >= 4 is 11.6 Å². The maximum atomic E-state index is 11.7. The van der Waals surface area contributed by atoms with Gasteiger partial charge in [-0.2, -0.15) is 0 Å². The van der Waals surface area contributed by atoms with E-state index < -0.39 is 0 Å². The van der Waals surface area contributed by atoms with Crippen LogP contribution in [0.25, 0.3) is 0 Å². The Balaban J connectivity index is 1.42. The number of hydrogen-bond acceptors (Lipinski definition) is 3. The summed E-state index contributed by atoms with van der Waals surface area (Å²) in [5.41, 5.74) is 0.987. The number of amides is 1. The van der Waals surface area contributed by atoms with Crippen LogP contribution < -0.4 is 9.64 Å². The molecule has 4 nitrogen and oxygen atoms in total. The van der Waals surface area contributed by atoms with Gasteiger partial charge in [0.05, 0.1) is 6.61 Å². The molecule has 3 rings (SSSR count). The van der Waals surface area contributed by atoms with Crippen molar-refractivity contribution in [1.82, 2.24) is 4.90 Å². The fourth-order valence-electron chi connectivity index (χ4n) is 3.43. The fourth-order valence-corrected chi connectivity index (χ4v) is 3.43. The molecule has 0 unspecified atom stereocenters. The minimum Gasteiger partial charge on any atom is -0.494 e. The Morgan fingerprint density at radius 3 is 2.64 bits per heavy atom. The molecule has 0 aromatic heterocycles. The SMILES string of the molecule is C[C@@H]1CCCN1CCCOc1ccc(N2CCCC2=O)cc1. The number of rotatable bonds is 6. The van der Waals surface area contributed by atoms with Crippen molar-refractivity contribution in [3.8, 4) is 5.75 Å². The molecule has 1 atom stereocenters. The van der Waals surface area contributed by atoms with Crippen LogP contribution >= 0.6 is 0 Å². The lowest BCUT2D eigenvalue weighted by molar-refractivity contribution is -0.117. The van der Waals surface area contributed by atoms with Gasteiger partial charge in [-0.15, -0.1) is 0 Å². The molecule has 0 aliphatic carbocycles. The molecule has 2 fully saturated rings. The van der Waals surface area contributed by atoms with Gasteiger partial charge in [0.25, 0.3) is 0 Å². The molecule has 2 aliphatic heterocycles. The minimum atomic E-state index is 0.230. The van der Waals surface area contributed by atoms with E-state index in [1.165, 1.54) is 19.4 Å². The normalized spacial score (nSPS) is 22.5. The van der Waals surface area contributed by atoms with E-state index in [0.29, 0.717) is 6.42 Å². The molecule has 0 bridgehead atoms. The van der Waals surface area contributed by atoms with E-state index in [0.717, 1.165) is 50.0 Å². The second kappa shape index (κ2) is 7.14. The molecule has 0 spiro atoms. The second-order valence-corrected chi connectivity index (χ2v) is 6.37. The third-order valence-corrected chi connectivity index (χ3v) is 4.77. The van der Waals surface area contributed by atoms with E-state index >= 15 is 0 Å². The number of nitrogens with zero attached hydrogens (tertiary/aromatic N) is 2. The molecule has 0 radical (unpaired) electrons. The summed E-state index contributed by atoms with van der Waals surface area (Å²) in [5, 5.41) is 0. The Kier molecular flexibility index (Phi) is 4.98. The minimum absolute atomic E-state index is 0.230. The zero-order valence-electron chi connectivity index (χ0n) is 13.5. The maximum absolute atomic E-state index is 11.7. The first-order valence-electron chi connectivity index (χ1n) is 8.51. The Morgan fingerprint density at radius 1 is 1.18 bits per heavy atom. The lowest BCUT2D eigenvalue weighted by Crippen LogP contribution is -2.28. The van der Waals surface area contributed by atoms with Crippen molar-refractivity contribution in [2.24, 2.45) is 0 Å². The van der Waals surface area contributed by atoms with Crippen molar-refractivity contribution < 1.29 is 9.53 Å². The molecule has 120 valence electrons. The van der Waals surface area contributed by atoms with Crippen LogP contribution in [-0.2, 0) is 4.79 Å². The number of carbonyl (C=O) groups excluding carboxylic acids is 1. The standard InChI is InChI=1S/C18H26N2O2/c1-15-5-2-11-19(15)12-4-14-22-17-9-7-16(8-10-17)20-13-3-6-18(20)21/h7-10,15H,2-6,11-14H2,1H3/t15-/m1/s1. The number of hydrogen-bond donors (Lipinski definition) is 0. The molecular weight excluding hydrogens is 276 g/mol. The lowest BCUT2D eigenvalue weighted by atomic mass is 10.2. The van der Waals surface area contributed by atoms with E-state index in [1.54, 1.807) is 0 Å². The summed E-state index contributed by atoms with van der Waals surface area (Å²) >= 11 is 0. The van der Waals surface area contributed by atoms with Gasteiger partial charge in [0, 0.05) is 31.2 Å². The summed E-state index contributed by atoms with van der Waals surface area (Å²) < 4.78 is 5.82. The molecular formula is C18H26N2O2. The molecule has 0 saturated carbocycles. The van der Waals surface area contributed by atoms with Crippen LogP contribution in [0.2, 0.25) is 0 Å². The van der Waals surface area contributed by atoms with Crippen molar-refractivity contribution in [2.45, 2.75) is 45.1 Å². The Labute approximate surface area is 133 Å². The van der Waals surface area contributed by atoms with Crippen molar-refractivity contribution in [3.05, 3.63) is 24.3 Å². The Hall–Kier alpha value is -1.55. The van der Waals surface area contributed by atoms with Crippen LogP contribution in [0.3, 0.4) is 0 Å². The fraction of sp³-hybridized carbons (Fsp3) is 0.611. The van der Waals surface area contributed by atoms with Gasteiger partial charge in [-0.3, -0.25) is 4.79 Å². The molecule has 4 heteroatoms. The summed E-state index contributed by atoms with van der Waals surface area (Å²) in [5.74, 6) is 1.12. The van der Waals surface area contributed by atoms with Gasteiger partial charge in [-0.25, -0.2) is 0 Å². The van der Waals surface area contributed by atoms with Gasteiger partial charge >= 0.3 is 0 Å². The maximum Gasteiger partial charge on any atom is 0.227 e. The molecule has 1 aromatic carbocycles. The number of carbonyl (C=O) groups is 1. The van der Waals surface area contributed by atoms with E-state index in [4.69, 9.17) is 4.74 Å². The van der Waals surface area contributed by atoms with Crippen molar-refractivity contribution in [1.29, 1.82) is 0 Å². The summed E-state index contributed by atoms with van der Waals surface area (Å²) in [6, 6.07) is 8.65. The van der Waals surface area contributed by atoms with Crippen LogP contribution in [0.1, 0.15) is 39.0 Å². The monoisotopic (exact) mass is 302 g/mol. The number of likely N-dealkylation sites (tertiary alicyclic amines) is 1. The predicted octanol–water partition coefficient (Wildman–Crippen LogP) is 3.07. The molecule has 2 saturated heterocycles. The number of anilines is 1. The highest BCUT2D eigenvalue weighted by Gasteiger charge is 2.21. The largest absolute Gasteiger partial charge is 0.494 e.